The van der Waals surface area contributed by atoms with Crippen molar-refractivity contribution in [2.45, 2.75) is 6.61 Å². The highest BCUT2D eigenvalue weighted by Gasteiger charge is 2.12. The van der Waals surface area contributed by atoms with Gasteiger partial charge in [-0.05, 0) is 46.3 Å². The summed E-state index contributed by atoms with van der Waals surface area (Å²) in [6.07, 6.45) is 1.67. The van der Waals surface area contributed by atoms with Crippen molar-refractivity contribution >= 4 is 37.8 Å². The SMILES string of the molecule is O=C(O)c1cc(Br)ccc1OCc1ccc(Br)cn1. The highest BCUT2D eigenvalue weighted by Crippen LogP contribution is 2.24. The minimum Gasteiger partial charge on any atom is -0.486 e. The molecule has 0 radical (unpaired) electrons. The smallest absolute Gasteiger partial charge is 0.339 e. The average Bonchev–Trinajstić information content (AvgIpc) is 2.39. The minimum atomic E-state index is -1.03. The number of rotatable bonds is 4. The molecule has 1 aromatic heterocycles. The molecule has 0 saturated carbocycles. The van der Waals surface area contributed by atoms with Crippen molar-refractivity contribution in [1.29, 1.82) is 0 Å². The van der Waals surface area contributed by atoms with Crippen LogP contribution in [0.1, 0.15) is 16.1 Å². The molecule has 1 N–H and O–H groups in total. The molecule has 0 atom stereocenters. The number of nitrogens with zero attached hydrogens (tertiary/aromatic N) is 1. The monoisotopic (exact) mass is 385 g/mol. The molecule has 98 valence electrons. The van der Waals surface area contributed by atoms with E-state index in [0.29, 0.717) is 10.2 Å². The number of aromatic nitrogens is 1. The van der Waals surface area contributed by atoms with E-state index in [0.717, 1.165) is 10.2 Å². The molecule has 2 aromatic rings. The minimum absolute atomic E-state index is 0.117. The van der Waals surface area contributed by atoms with Crippen molar-refractivity contribution in [2.75, 3.05) is 0 Å². The number of ether oxygens (including phenoxy) is 1. The van der Waals surface area contributed by atoms with Gasteiger partial charge >= 0.3 is 5.97 Å². The number of benzene rings is 1. The molecule has 6 heteroatoms. The molecule has 0 spiro atoms. The third-order valence-corrected chi connectivity index (χ3v) is 3.30. The summed E-state index contributed by atoms with van der Waals surface area (Å²) in [5, 5.41) is 9.10. The van der Waals surface area contributed by atoms with Crippen LogP contribution in [0.5, 0.6) is 5.75 Å². The van der Waals surface area contributed by atoms with Crippen LogP contribution in [0.15, 0.2) is 45.5 Å². The lowest BCUT2D eigenvalue weighted by molar-refractivity contribution is 0.0691. The first kappa shape index (κ1) is 14.0. The lowest BCUT2D eigenvalue weighted by atomic mass is 10.2. The van der Waals surface area contributed by atoms with Crippen LogP contribution in [-0.4, -0.2) is 16.1 Å². The standard InChI is InChI=1S/C13H9Br2NO3/c14-8-2-4-12(11(5-8)13(17)18)19-7-10-3-1-9(15)6-16-10/h1-6H,7H2,(H,17,18). The number of halogens is 2. The van der Waals surface area contributed by atoms with Gasteiger partial charge < -0.3 is 9.84 Å². The molecule has 0 unspecified atom stereocenters. The average molecular weight is 387 g/mol. The maximum Gasteiger partial charge on any atom is 0.339 e. The van der Waals surface area contributed by atoms with E-state index in [1.165, 1.54) is 6.07 Å². The number of carboxylic acid groups (broad SMARTS) is 1. The van der Waals surface area contributed by atoms with Crippen LogP contribution < -0.4 is 4.74 Å². The molecule has 1 heterocycles. The zero-order chi connectivity index (χ0) is 13.8. The summed E-state index contributed by atoms with van der Waals surface area (Å²) in [4.78, 5) is 15.3. The van der Waals surface area contributed by atoms with Gasteiger partial charge in [0.05, 0.1) is 5.69 Å². The van der Waals surface area contributed by atoms with Gasteiger partial charge in [0.15, 0.2) is 0 Å². The van der Waals surface area contributed by atoms with E-state index < -0.39 is 5.97 Å². The van der Waals surface area contributed by atoms with Crippen molar-refractivity contribution < 1.29 is 14.6 Å². The summed E-state index contributed by atoms with van der Waals surface area (Å²) in [6, 6.07) is 8.52. The molecule has 0 aliphatic heterocycles. The van der Waals surface area contributed by atoms with Gasteiger partial charge in [0.1, 0.15) is 17.9 Å². The Kier molecular flexibility index (Phi) is 4.55. The van der Waals surface area contributed by atoms with Crippen molar-refractivity contribution in [3.63, 3.8) is 0 Å². The second-order valence-corrected chi connectivity index (χ2v) is 5.53. The second-order valence-electron chi connectivity index (χ2n) is 3.70. The lowest BCUT2D eigenvalue weighted by Crippen LogP contribution is -2.04. The van der Waals surface area contributed by atoms with Crippen molar-refractivity contribution in [3.8, 4) is 5.75 Å². The first-order valence-electron chi connectivity index (χ1n) is 5.32. The predicted molar refractivity (Wildman–Crippen MR) is 77.4 cm³/mol. The molecule has 0 aliphatic rings. The predicted octanol–water partition coefficient (Wildman–Crippen LogP) is 3.88. The van der Waals surface area contributed by atoms with Gasteiger partial charge in [-0.1, -0.05) is 15.9 Å². The largest absolute Gasteiger partial charge is 0.486 e. The summed E-state index contributed by atoms with van der Waals surface area (Å²) < 4.78 is 7.07. The highest BCUT2D eigenvalue weighted by molar-refractivity contribution is 9.10. The van der Waals surface area contributed by atoms with E-state index in [4.69, 9.17) is 9.84 Å². The van der Waals surface area contributed by atoms with Gasteiger partial charge in [-0.15, -0.1) is 0 Å². The Morgan fingerprint density at radius 1 is 1.21 bits per heavy atom. The maximum atomic E-state index is 11.1. The maximum absolute atomic E-state index is 11.1. The first-order chi connectivity index (χ1) is 9.06. The Hall–Kier alpha value is -1.40. The normalized spacial score (nSPS) is 10.2. The summed E-state index contributed by atoms with van der Waals surface area (Å²) in [5.41, 5.74) is 0.842. The number of hydrogen-bond donors (Lipinski definition) is 1. The molecule has 4 nitrogen and oxygen atoms in total. The molecule has 0 amide bonds. The molecular formula is C13H9Br2NO3. The molecule has 1 aromatic carbocycles. The third-order valence-electron chi connectivity index (χ3n) is 2.34. The molecular weight excluding hydrogens is 378 g/mol. The number of carboxylic acids is 1. The topological polar surface area (TPSA) is 59.4 Å². The zero-order valence-electron chi connectivity index (χ0n) is 9.64. The quantitative estimate of drug-likeness (QED) is 0.865. The van der Waals surface area contributed by atoms with E-state index in [2.05, 4.69) is 36.8 Å². The molecule has 0 saturated heterocycles. The fourth-order valence-corrected chi connectivity index (χ4v) is 2.03. The van der Waals surface area contributed by atoms with Crippen molar-refractivity contribution in [2.24, 2.45) is 0 Å². The van der Waals surface area contributed by atoms with Crippen LogP contribution in [0, 0.1) is 0 Å². The van der Waals surface area contributed by atoms with Crippen LogP contribution in [0.2, 0.25) is 0 Å². The Morgan fingerprint density at radius 3 is 2.58 bits per heavy atom. The Balaban J connectivity index is 2.15. The molecule has 0 fully saturated rings. The molecule has 0 bridgehead atoms. The lowest BCUT2D eigenvalue weighted by Gasteiger charge is -2.09. The van der Waals surface area contributed by atoms with Gasteiger partial charge in [0, 0.05) is 15.1 Å². The Bertz CT molecular complexity index is 599. The van der Waals surface area contributed by atoms with Gasteiger partial charge in [0.25, 0.3) is 0 Å². The van der Waals surface area contributed by atoms with E-state index in [1.807, 2.05) is 12.1 Å². The summed E-state index contributed by atoms with van der Waals surface area (Å²) in [7, 11) is 0. The van der Waals surface area contributed by atoms with E-state index in [-0.39, 0.29) is 12.2 Å². The number of aromatic carboxylic acids is 1. The Labute approximate surface area is 126 Å². The fraction of sp³-hybridized carbons (Fsp3) is 0.0769. The second kappa shape index (κ2) is 6.16. The van der Waals surface area contributed by atoms with Crippen molar-refractivity contribution in [1.82, 2.24) is 4.98 Å². The molecule has 19 heavy (non-hydrogen) atoms. The van der Waals surface area contributed by atoms with E-state index in [1.54, 1.807) is 18.3 Å². The van der Waals surface area contributed by atoms with Gasteiger partial charge in [-0.2, -0.15) is 0 Å². The Morgan fingerprint density at radius 2 is 1.95 bits per heavy atom. The molecule has 0 aliphatic carbocycles. The van der Waals surface area contributed by atoms with Crippen molar-refractivity contribution in [3.05, 3.63) is 56.7 Å². The number of pyridine rings is 1. The number of carbonyl (C=O) groups is 1. The van der Waals surface area contributed by atoms with Crippen LogP contribution in [0.25, 0.3) is 0 Å². The van der Waals surface area contributed by atoms with Gasteiger partial charge in [-0.3, -0.25) is 4.98 Å². The fourth-order valence-electron chi connectivity index (χ4n) is 1.44. The first-order valence-corrected chi connectivity index (χ1v) is 6.91. The summed E-state index contributed by atoms with van der Waals surface area (Å²) in [6.45, 7) is 0.217. The van der Waals surface area contributed by atoms with Gasteiger partial charge in [0.2, 0.25) is 0 Å². The van der Waals surface area contributed by atoms with Gasteiger partial charge in [-0.25, -0.2) is 4.79 Å². The summed E-state index contributed by atoms with van der Waals surface area (Å²) in [5.74, 6) is -0.708. The number of hydrogen-bond acceptors (Lipinski definition) is 3. The zero-order valence-corrected chi connectivity index (χ0v) is 12.8. The van der Waals surface area contributed by atoms with E-state index in [9.17, 15) is 4.79 Å². The summed E-state index contributed by atoms with van der Waals surface area (Å²) >= 11 is 6.53. The third kappa shape index (κ3) is 3.78. The highest BCUT2D eigenvalue weighted by atomic mass is 79.9. The van der Waals surface area contributed by atoms with Crippen LogP contribution >= 0.6 is 31.9 Å². The molecule has 2 rings (SSSR count). The van der Waals surface area contributed by atoms with E-state index >= 15 is 0 Å². The van der Waals surface area contributed by atoms with Crippen LogP contribution in [-0.2, 0) is 6.61 Å². The van der Waals surface area contributed by atoms with Crippen LogP contribution in [0.4, 0.5) is 0 Å². The van der Waals surface area contributed by atoms with Crippen LogP contribution in [0.3, 0.4) is 0 Å².